The quantitative estimate of drug-likeness (QED) is 0.894. The maximum absolute atomic E-state index is 10.4. The first-order chi connectivity index (χ1) is 8.99. The zero-order valence-electron chi connectivity index (χ0n) is 11.6. The molecule has 2 rings (SSSR count). The third-order valence-corrected chi connectivity index (χ3v) is 4.42. The monoisotopic (exact) mass is 284 g/mol. The second kappa shape index (κ2) is 5.57. The van der Waals surface area contributed by atoms with Crippen LogP contribution in [0.1, 0.15) is 23.6 Å². The van der Waals surface area contributed by atoms with Crippen LogP contribution in [0.15, 0.2) is 6.07 Å². The van der Waals surface area contributed by atoms with Crippen LogP contribution in [0.5, 0.6) is 11.5 Å². The SMILES string of the molecule is COc1cc(Cl)c(C)c(C2CC(CN)CN2C)c1O. The summed E-state index contributed by atoms with van der Waals surface area (Å²) in [6.45, 7) is 3.54. The Balaban J connectivity index is 2.47. The first-order valence-electron chi connectivity index (χ1n) is 6.45. The fourth-order valence-electron chi connectivity index (χ4n) is 2.91. The summed E-state index contributed by atoms with van der Waals surface area (Å²) in [4.78, 5) is 2.22. The number of aromatic hydroxyl groups is 1. The minimum Gasteiger partial charge on any atom is -0.504 e. The van der Waals surface area contributed by atoms with Crippen LogP contribution in [0.3, 0.4) is 0 Å². The standard InChI is InChI=1S/C14H21ClN2O2/c1-8-10(15)5-12(19-3)14(18)13(8)11-4-9(6-16)7-17(11)2/h5,9,11,18H,4,6-7,16H2,1-3H3. The van der Waals surface area contributed by atoms with Crippen LogP contribution in [0.4, 0.5) is 0 Å². The lowest BCUT2D eigenvalue weighted by molar-refractivity contribution is 0.299. The van der Waals surface area contributed by atoms with E-state index in [4.69, 9.17) is 22.1 Å². The van der Waals surface area contributed by atoms with Crippen LogP contribution in [0.2, 0.25) is 5.02 Å². The van der Waals surface area contributed by atoms with Crippen molar-refractivity contribution in [2.75, 3.05) is 27.2 Å². The summed E-state index contributed by atoms with van der Waals surface area (Å²) in [5.41, 5.74) is 7.53. The Bertz CT molecular complexity index is 479. The van der Waals surface area contributed by atoms with E-state index in [9.17, 15) is 5.11 Å². The summed E-state index contributed by atoms with van der Waals surface area (Å²) in [5, 5.41) is 11.0. The number of hydrogen-bond donors (Lipinski definition) is 2. The molecule has 4 nitrogen and oxygen atoms in total. The number of ether oxygens (including phenoxy) is 1. The molecule has 0 radical (unpaired) electrons. The highest BCUT2D eigenvalue weighted by Crippen LogP contribution is 2.45. The lowest BCUT2D eigenvalue weighted by Crippen LogP contribution is -2.21. The van der Waals surface area contributed by atoms with Crippen LogP contribution in [-0.4, -0.2) is 37.3 Å². The molecule has 1 aliphatic heterocycles. The molecule has 3 N–H and O–H groups in total. The Labute approximate surface area is 119 Å². The first kappa shape index (κ1) is 14.4. The van der Waals surface area contributed by atoms with E-state index in [1.54, 1.807) is 6.07 Å². The topological polar surface area (TPSA) is 58.7 Å². The Kier molecular flexibility index (Phi) is 4.23. The second-order valence-corrected chi connectivity index (χ2v) is 5.65. The molecular weight excluding hydrogens is 264 g/mol. The fourth-order valence-corrected chi connectivity index (χ4v) is 3.11. The van der Waals surface area contributed by atoms with Crippen LogP contribution < -0.4 is 10.5 Å². The predicted molar refractivity (Wildman–Crippen MR) is 76.9 cm³/mol. The third-order valence-electron chi connectivity index (χ3n) is 4.03. The molecule has 1 fully saturated rings. The van der Waals surface area contributed by atoms with Crippen LogP contribution in [-0.2, 0) is 0 Å². The normalized spacial score (nSPS) is 23.8. The molecule has 5 heteroatoms. The van der Waals surface area contributed by atoms with E-state index in [1.165, 1.54) is 7.11 Å². The van der Waals surface area contributed by atoms with Crippen LogP contribution in [0.25, 0.3) is 0 Å². The molecule has 19 heavy (non-hydrogen) atoms. The number of halogens is 1. The van der Waals surface area contributed by atoms with Gasteiger partial charge in [0.2, 0.25) is 0 Å². The van der Waals surface area contributed by atoms with Gasteiger partial charge >= 0.3 is 0 Å². The largest absolute Gasteiger partial charge is 0.504 e. The van der Waals surface area contributed by atoms with E-state index in [-0.39, 0.29) is 11.8 Å². The second-order valence-electron chi connectivity index (χ2n) is 5.24. The molecule has 0 bridgehead atoms. The van der Waals surface area contributed by atoms with E-state index < -0.39 is 0 Å². The van der Waals surface area contributed by atoms with Gasteiger partial charge in [-0.05, 0) is 38.4 Å². The summed E-state index contributed by atoms with van der Waals surface area (Å²) in [5.74, 6) is 1.08. The smallest absolute Gasteiger partial charge is 0.162 e. The zero-order chi connectivity index (χ0) is 14.2. The molecule has 0 spiro atoms. The number of nitrogens with zero attached hydrogens (tertiary/aromatic N) is 1. The van der Waals surface area contributed by atoms with Crippen molar-refractivity contribution in [3.63, 3.8) is 0 Å². The van der Waals surface area contributed by atoms with Crippen molar-refractivity contribution in [2.24, 2.45) is 11.7 Å². The first-order valence-corrected chi connectivity index (χ1v) is 6.83. The molecule has 2 unspecified atom stereocenters. The summed E-state index contributed by atoms with van der Waals surface area (Å²) >= 11 is 6.23. The molecular formula is C14H21ClN2O2. The third kappa shape index (κ3) is 2.53. The number of benzene rings is 1. The highest BCUT2D eigenvalue weighted by atomic mass is 35.5. The lowest BCUT2D eigenvalue weighted by atomic mass is 9.95. The summed E-state index contributed by atoms with van der Waals surface area (Å²) in [7, 11) is 3.58. The highest BCUT2D eigenvalue weighted by molar-refractivity contribution is 6.31. The van der Waals surface area contributed by atoms with E-state index in [0.29, 0.717) is 23.2 Å². The maximum Gasteiger partial charge on any atom is 0.162 e. The molecule has 0 aliphatic carbocycles. The minimum atomic E-state index is 0.140. The van der Waals surface area contributed by atoms with Crippen molar-refractivity contribution >= 4 is 11.6 Å². The molecule has 0 aromatic heterocycles. The Morgan fingerprint density at radius 2 is 2.26 bits per heavy atom. The van der Waals surface area contributed by atoms with Gasteiger partial charge in [0.05, 0.1) is 7.11 Å². The molecule has 106 valence electrons. The van der Waals surface area contributed by atoms with Crippen molar-refractivity contribution in [1.82, 2.24) is 4.90 Å². The maximum atomic E-state index is 10.4. The van der Waals surface area contributed by atoms with Crippen LogP contribution in [0, 0.1) is 12.8 Å². The number of hydrogen-bond acceptors (Lipinski definition) is 4. The van der Waals surface area contributed by atoms with E-state index in [1.807, 2.05) is 14.0 Å². The number of nitrogens with two attached hydrogens (primary N) is 1. The molecule has 1 aromatic rings. The Morgan fingerprint density at radius 3 is 2.79 bits per heavy atom. The van der Waals surface area contributed by atoms with Gasteiger partial charge < -0.3 is 15.6 Å². The lowest BCUT2D eigenvalue weighted by Gasteiger charge is -2.24. The number of likely N-dealkylation sites (tertiary alicyclic amines) is 1. The van der Waals surface area contributed by atoms with Gasteiger partial charge in [-0.2, -0.15) is 0 Å². The van der Waals surface area contributed by atoms with Crippen molar-refractivity contribution in [3.05, 3.63) is 22.2 Å². The van der Waals surface area contributed by atoms with Crippen molar-refractivity contribution in [1.29, 1.82) is 0 Å². The number of rotatable bonds is 3. The minimum absolute atomic E-state index is 0.140. The molecule has 1 heterocycles. The highest BCUT2D eigenvalue weighted by Gasteiger charge is 2.33. The predicted octanol–water partition coefficient (Wildman–Crippen LogP) is 2.31. The molecule has 1 aromatic carbocycles. The van der Waals surface area contributed by atoms with Gasteiger partial charge in [0.15, 0.2) is 11.5 Å². The number of phenols is 1. The Morgan fingerprint density at radius 1 is 1.58 bits per heavy atom. The van der Waals surface area contributed by atoms with Crippen molar-refractivity contribution in [2.45, 2.75) is 19.4 Å². The zero-order valence-corrected chi connectivity index (χ0v) is 12.4. The summed E-state index contributed by atoms with van der Waals surface area (Å²) in [6, 6.07) is 1.80. The number of methoxy groups -OCH3 is 1. The molecule has 1 saturated heterocycles. The van der Waals surface area contributed by atoms with E-state index in [0.717, 1.165) is 24.1 Å². The fraction of sp³-hybridized carbons (Fsp3) is 0.571. The van der Waals surface area contributed by atoms with Gasteiger partial charge in [-0.15, -0.1) is 0 Å². The molecule has 1 aliphatic rings. The van der Waals surface area contributed by atoms with Gasteiger partial charge in [-0.1, -0.05) is 11.6 Å². The molecule has 0 amide bonds. The van der Waals surface area contributed by atoms with Crippen LogP contribution >= 0.6 is 11.6 Å². The average molecular weight is 285 g/mol. The number of phenolic OH excluding ortho intramolecular Hbond substituents is 1. The van der Waals surface area contributed by atoms with Gasteiger partial charge in [0.25, 0.3) is 0 Å². The van der Waals surface area contributed by atoms with Gasteiger partial charge in [0, 0.05) is 29.2 Å². The van der Waals surface area contributed by atoms with E-state index in [2.05, 4.69) is 4.90 Å². The Hall–Kier alpha value is -0.970. The summed E-state index contributed by atoms with van der Waals surface area (Å²) in [6.07, 6.45) is 0.935. The average Bonchev–Trinajstić information content (AvgIpc) is 2.76. The van der Waals surface area contributed by atoms with Gasteiger partial charge in [0.1, 0.15) is 0 Å². The molecule has 0 saturated carbocycles. The van der Waals surface area contributed by atoms with E-state index >= 15 is 0 Å². The van der Waals surface area contributed by atoms with Gasteiger partial charge in [-0.25, -0.2) is 0 Å². The summed E-state index contributed by atoms with van der Waals surface area (Å²) < 4.78 is 5.19. The van der Waals surface area contributed by atoms with Gasteiger partial charge in [-0.3, -0.25) is 4.90 Å². The van der Waals surface area contributed by atoms with Crippen molar-refractivity contribution < 1.29 is 9.84 Å². The molecule has 2 atom stereocenters. The van der Waals surface area contributed by atoms with Crippen molar-refractivity contribution in [3.8, 4) is 11.5 Å².